The third kappa shape index (κ3) is 1.90. The average Bonchev–Trinajstić information content (AvgIpc) is 2.59. The van der Waals surface area contributed by atoms with Crippen LogP contribution in [0.3, 0.4) is 0 Å². The van der Waals surface area contributed by atoms with Gasteiger partial charge in [0, 0.05) is 0 Å². The van der Waals surface area contributed by atoms with Crippen LogP contribution in [0.4, 0.5) is 0 Å². The Balaban J connectivity index is 2.48. The summed E-state index contributed by atoms with van der Waals surface area (Å²) in [7, 11) is 0. The van der Waals surface area contributed by atoms with Gasteiger partial charge in [-0.15, -0.1) is 11.3 Å². The van der Waals surface area contributed by atoms with Crippen molar-refractivity contribution < 1.29 is 9.53 Å². The Kier molecular flexibility index (Phi) is 3.07. The third-order valence-electron chi connectivity index (χ3n) is 2.02. The summed E-state index contributed by atoms with van der Waals surface area (Å²) in [6.07, 6.45) is 0. The van der Waals surface area contributed by atoms with Crippen molar-refractivity contribution in [1.29, 1.82) is 0 Å². The molecule has 1 aromatic heterocycles. The molecule has 0 atom stereocenters. The lowest BCUT2D eigenvalue weighted by Gasteiger charge is -2.05. The van der Waals surface area contributed by atoms with Crippen molar-refractivity contribution in [2.24, 2.45) is 4.99 Å². The van der Waals surface area contributed by atoms with Gasteiger partial charge in [0.25, 0.3) is 0 Å². The molecule has 0 spiro atoms. The highest BCUT2D eigenvalue weighted by molar-refractivity contribution is 9.10. The zero-order valence-corrected chi connectivity index (χ0v) is 12.2. The monoisotopic (exact) mass is 341 g/mol. The SMILES string of the molecule is CC1(C)N=C(c2sc(Cl)c(Br)c2Cl)OC1=O. The summed E-state index contributed by atoms with van der Waals surface area (Å²) < 4.78 is 6.17. The number of aliphatic imine (C=N–C) groups is 1. The van der Waals surface area contributed by atoms with E-state index >= 15 is 0 Å². The summed E-state index contributed by atoms with van der Waals surface area (Å²) in [5.41, 5.74) is -0.860. The molecule has 0 unspecified atom stereocenters. The lowest BCUT2D eigenvalue weighted by molar-refractivity contribution is -0.137. The van der Waals surface area contributed by atoms with Crippen molar-refractivity contribution in [2.75, 3.05) is 0 Å². The summed E-state index contributed by atoms with van der Waals surface area (Å²) >= 11 is 16.4. The molecular formula is C9H6BrCl2NO2S. The van der Waals surface area contributed by atoms with Gasteiger partial charge in [-0.2, -0.15) is 0 Å². The number of nitrogens with zero attached hydrogens (tertiary/aromatic N) is 1. The summed E-state index contributed by atoms with van der Waals surface area (Å²) in [4.78, 5) is 16.2. The molecule has 2 rings (SSSR count). The molecule has 1 aromatic rings. The van der Waals surface area contributed by atoms with Crippen molar-refractivity contribution in [3.05, 3.63) is 18.7 Å². The minimum Gasteiger partial charge on any atom is -0.404 e. The van der Waals surface area contributed by atoms with E-state index < -0.39 is 5.54 Å². The van der Waals surface area contributed by atoms with Crippen molar-refractivity contribution in [3.63, 3.8) is 0 Å². The van der Waals surface area contributed by atoms with Gasteiger partial charge in [0.1, 0.15) is 9.21 Å². The van der Waals surface area contributed by atoms with E-state index in [4.69, 9.17) is 27.9 Å². The number of carbonyl (C=O) groups is 1. The molecule has 86 valence electrons. The summed E-state index contributed by atoms with van der Waals surface area (Å²) in [6, 6.07) is 0. The van der Waals surface area contributed by atoms with Crippen LogP contribution in [0.5, 0.6) is 0 Å². The smallest absolute Gasteiger partial charge is 0.340 e. The normalized spacial score (nSPS) is 18.6. The molecule has 0 radical (unpaired) electrons. The zero-order chi connectivity index (χ0) is 12.1. The van der Waals surface area contributed by atoms with Crippen molar-refractivity contribution in [1.82, 2.24) is 0 Å². The van der Waals surface area contributed by atoms with Crippen LogP contribution >= 0.6 is 50.5 Å². The van der Waals surface area contributed by atoms with Crippen LogP contribution < -0.4 is 0 Å². The predicted molar refractivity (Wildman–Crippen MR) is 68.7 cm³/mol. The van der Waals surface area contributed by atoms with E-state index in [2.05, 4.69) is 20.9 Å². The second-order valence-electron chi connectivity index (χ2n) is 3.70. The number of halogens is 3. The molecule has 0 N–H and O–H groups in total. The molecule has 7 heteroatoms. The number of ether oxygens (including phenoxy) is 1. The number of hydrogen-bond donors (Lipinski definition) is 0. The van der Waals surface area contributed by atoms with Gasteiger partial charge in [-0.1, -0.05) is 23.2 Å². The van der Waals surface area contributed by atoms with Crippen LogP contribution in [0, 0.1) is 0 Å². The molecule has 0 saturated heterocycles. The minimum atomic E-state index is -0.860. The van der Waals surface area contributed by atoms with E-state index in [-0.39, 0.29) is 11.9 Å². The van der Waals surface area contributed by atoms with Gasteiger partial charge in [-0.3, -0.25) is 0 Å². The second-order valence-corrected chi connectivity index (χ2v) is 6.49. The van der Waals surface area contributed by atoms with Gasteiger partial charge < -0.3 is 4.74 Å². The number of hydrogen-bond acceptors (Lipinski definition) is 4. The number of cyclic esters (lactones) is 1. The fraction of sp³-hybridized carbons (Fsp3) is 0.333. The minimum absolute atomic E-state index is 0.234. The molecular weight excluding hydrogens is 337 g/mol. The highest BCUT2D eigenvalue weighted by Crippen LogP contribution is 2.42. The lowest BCUT2D eigenvalue weighted by atomic mass is 10.1. The maximum atomic E-state index is 11.5. The van der Waals surface area contributed by atoms with Crippen LogP contribution in [0.25, 0.3) is 0 Å². The first-order chi connectivity index (χ1) is 7.33. The summed E-state index contributed by atoms with van der Waals surface area (Å²) in [5.74, 6) is -0.156. The van der Waals surface area contributed by atoms with Gasteiger partial charge in [-0.05, 0) is 29.8 Å². The van der Waals surface area contributed by atoms with Gasteiger partial charge in [0.05, 0.1) is 9.50 Å². The van der Waals surface area contributed by atoms with E-state index in [1.54, 1.807) is 13.8 Å². The Morgan fingerprint density at radius 1 is 1.44 bits per heavy atom. The van der Waals surface area contributed by atoms with Gasteiger partial charge in [0.2, 0.25) is 5.90 Å². The highest BCUT2D eigenvalue weighted by atomic mass is 79.9. The Labute approximate surface area is 115 Å². The second kappa shape index (κ2) is 3.98. The molecule has 0 amide bonds. The summed E-state index contributed by atoms with van der Waals surface area (Å²) in [5, 5.41) is 0.416. The van der Waals surface area contributed by atoms with Crippen LogP contribution in [0.1, 0.15) is 18.7 Å². The highest BCUT2D eigenvalue weighted by Gasteiger charge is 2.39. The lowest BCUT2D eigenvalue weighted by Crippen LogP contribution is -2.25. The van der Waals surface area contributed by atoms with Gasteiger partial charge in [-0.25, -0.2) is 9.79 Å². The fourth-order valence-electron chi connectivity index (χ4n) is 1.13. The first-order valence-electron chi connectivity index (χ1n) is 4.28. The quantitative estimate of drug-likeness (QED) is 0.726. The third-order valence-corrected chi connectivity index (χ3v) is 5.41. The topological polar surface area (TPSA) is 38.7 Å². The molecule has 0 fully saturated rings. The molecule has 0 aromatic carbocycles. The van der Waals surface area contributed by atoms with Crippen LogP contribution in [0.15, 0.2) is 9.47 Å². The Morgan fingerprint density at radius 3 is 2.44 bits per heavy atom. The molecule has 1 aliphatic rings. The Hall–Kier alpha value is -0.100. The number of rotatable bonds is 1. The van der Waals surface area contributed by atoms with E-state index in [9.17, 15) is 4.79 Å². The van der Waals surface area contributed by atoms with E-state index in [0.717, 1.165) is 0 Å². The van der Waals surface area contributed by atoms with Crippen LogP contribution in [-0.2, 0) is 9.53 Å². The van der Waals surface area contributed by atoms with Crippen LogP contribution in [0.2, 0.25) is 9.36 Å². The molecule has 1 aliphatic heterocycles. The zero-order valence-electron chi connectivity index (χ0n) is 8.31. The van der Waals surface area contributed by atoms with Gasteiger partial charge in [0.15, 0.2) is 5.54 Å². The molecule has 16 heavy (non-hydrogen) atoms. The van der Waals surface area contributed by atoms with Crippen molar-refractivity contribution in [2.45, 2.75) is 19.4 Å². The van der Waals surface area contributed by atoms with Gasteiger partial charge >= 0.3 is 5.97 Å². The number of carbonyl (C=O) groups excluding carboxylic acids is 1. The maximum Gasteiger partial charge on any atom is 0.340 e. The predicted octanol–water partition coefficient (Wildman–Crippen LogP) is 3.90. The molecule has 0 aliphatic carbocycles. The number of esters is 1. The summed E-state index contributed by atoms with van der Waals surface area (Å²) in [6.45, 7) is 3.36. The molecule has 0 bridgehead atoms. The molecule has 2 heterocycles. The fourth-order valence-corrected chi connectivity index (χ4v) is 3.17. The van der Waals surface area contributed by atoms with Crippen molar-refractivity contribution in [3.8, 4) is 0 Å². The first-order valence-corrected chi connectivity index (χ1v) is 6.65. The average molecular weight is 343 g/mol. The Morgan fingerprint density at radius 2 is 2.06 bits per heavy atom. The first kappa shape index (κ1) is 12.4. The number of thiophene rings is 1. The van der Waals surface area contributed by atoms with E-state index in [1.807, 2.05) is 0 Å². The molecule has 0 saturated carbocycles. The van der Waals surface area contributed by atoms with Crippen LogP contribution in [-0.4, -0.2) is 17.4 Å². The van der Waals surface area contributed by atoms with Crippen molar-refractivity contribution >= 4 is 62.3 Å². The largest absolute Gasteiger partial charge is 0.404 e. The Bertz CT molecular complexity index is 510. The molecule has 3 nitrogen and oxygen atoms in total. The maximum absolute atomic E-state index is 11.5. The standard InChI is InChI=1S/C9H6BrCl2NO2S/c1-9(2)8(14)15-7(13-9)5-4(11)3(10)6(12)16-5/h1-2H3. The van der Waals surface area contributed by atoms with E-state index in [0.29, 0.717) is 18.7 Å². The van der Waals surface area contributed by atoms with E-state index in [1.165, 1.54) is 11.3 Å².